The lowest BCUT2D eigenvalue weighted by Gasteiger charge is -2.06. The maximum atomic E-state index is 12.6. The Balaban J connectivity index is 1.46. The van der Waals surface area contributed by atoms with Crippen LogP contribution in [0.3, 0.4) is 0 Å². The molecule has 1 aromatic heterocycles. The molecule has 4 nitrogen and oxygen atoms in total. The van der Waals surface area contributed by atoms with E-state index in [2.05, 4.69) is 64.0 Å². The second-order valence-electron chi connectivity index (χ2n) is 7.53. The quantitative estimate of drug-likeness (QED) is 0.613. The highest BCUT2D eigenvalue weighted by Crippen LogP contribution is 2.24. The van der Waals surface area contributed by atoms with Crippen LogP contribution in [-0.4, -0.2) is 10.5 Å². The Morgan fingerprint density at radius 2 is 1.89 bits per heavy atom. The third-order valence-electron chi connectivity index (χ3n) is 5.43. The van der Waals surface area contributed by atoms with Crippen LogP contribution < -0.4 is 9.88 Å². The van der Waals surface area contributed by atoms with Crippen molar-refractivity contribution in [1.29, 1.82) is 0 Å². The second kappa shape index (κ2) is 8.42. The van der Waals surface area contributed by atoms with Gasteiger partial charge < -0.3 is 5.32 Å². The predicted molar refractivity (Wildman–Crippen MR) is 112 cm³/mol. The number of aryl methyl sites for hydroxylation is 1. The fraction of sp³-hybridized carbons (Fsp3) is 0.333. The Morgan fingerprint density at radius 3 is 2.64 bits per heavy atom. The number of nitrogens with one attached hydrogen (secondary N) is 1. The molecule has 0 radical (unpaired) electrons. The first-order chi connectivity index (χ1) is 13.7. The number of benzene rings is 2. The largest absolute Gasteiger partial charge is 0.323 e. The van der Waals surface area contributed by atoms with Crippen LogP contribution in [0.5, 0.6) is 0 Å². The molecule has 2 aromatic carbocycles. The van der Waals surface area contributed by atoms with Crippen LogP contribution in [0.4, 0.5) is 5.69 Å². The van der Waals surface area contributed by atoms with Crippen molar-refractivity contribution >= 4 is 11.6 Å². The number of aromatic nitrogens is 2. The zero-order valence-electron chi connectivity index (χ0n) is 16.5. The molecule has 4 rings (SSSR count). The van der Waals surface area contributed by atoms with Gasteiger partial charge in [-0.1, -0.05) is 55.8 Å². The first kappa shape index (κ1) is 18.5. The van der Waals surface area contributed by atoms with Gasteiger partial charge in [-0.15, -0.1) is 0 Å². The standard InChI is InChI=1S/C24H27N3O/c1-2-3-8-19-12-14-21(15-13-19)25-23(28)18-26-17-22(20-9-5-4-6-10-20)27-16-7-11-24(26)27/h4-6,9-10,12-15,17H,2-3,7-8,11,16,18H2,1H3/p+1. The number of nitrogens with zero attached hydrogens (tertiary/aromatic N) is 2. The minimum absolute atomic E-state index is 0.0196. The highest BCUT2D eigenvalue weighted by atomic mass is 16.1. The van der Waals surface area contributed by atoms with E-state index in [-0.39, 0.29) is 5.91 Å². The highest BCUT2D eigenvalue weighted by Gasteiger charge is 2.29. The minimum atomic E-state index is 0.0196. The van der Waals surface area contributed by atoms with Gasteiger partial charge in [-0.2, -0.15) is 0 Å². The lowest BCUT2D eigenvalue weighted by Crippen LogP contribution is -2.42. The third kappa shape index (κ3) is 4.01. The normalized spacial score (nSPS) is 12.8. The zero-order valence-corrected chi connectivity index (χ0v) is 16.5. The molecule has 28 heavy (non-hydrogen) atoms. The summed E-state index contributed by atoms with van der Waals surface area (Å²) in [6.07, 6.45) is 7.77. The first-order valence-electron chi connectivity index (χ1n) is 10.3. The Hall–Kier alpha value is -2.88. The molecule has 1 aliphatic rings. The summed E-state index contributed by atoms with van der Waals surface area (Å²) in [4.78, 5) is 12.6. The summed E-state index contributed by atoms with van der Waals surface area (Å²) < 4.78 is 4.46. The number of imidazole rings is 1. The van der Waals surface area contributed by atoms with Gasteiger partial charge in [0.15, 0.2) is 12.2 Å². The average molecular weight is 375 g/mol. The van der Waals surface area contributed by atoms with Crippen LogP contribution in [0.2, 0.25) is 0 Å². The molecule has 0 fully saturated rings. The average Bonchev–Trinajstić information content (AvgIpc) is 3.32. The van der Waals surface area contributed by atoms with E-state index in [4.69, 9.17) is 0 Å². The summed E-state index contributed by atoms with van der Waals surface area (Å²) in [5.74, 6) is 1.26. The molecule has 0 unspecified atom stereocenters. The van der Waals surface area contributed by atoms with Crippen LogP contribution >= 0.6 is 0 Å². The van der Waals surface area contributed by atoms with E-state index in [9.17, 15) is 4.79 Å². The molecule has 1 amide bonds. The molecule has 0 saturated carbocycles. The SMILES string of the molecule is CCCCc1ccc(NC(=O)C[n+]2cc(-c3ccccc3)n3c2CCC3)cc1. The summed E-state index contributed by atoms with van der Waals surface area (Å²) in [6, 6.07) is 18.7. The number of carbonyl (C=O) groups is 1. The van der Waals surface area contributed by atoms with E-state index in [1.807, 2.05) is 18.2 Å². The smallest absolute Gasteiger partial charge is 0.266 e. The van der Waals surface area contributed by atoms with Crippen molar-refractivity contribution in [2.75, 3.05) is 5.32 Å². The van der Waals surface area contributed by atoms with Crippen LogP contribution in [0.15, 0.2) is 60.8 Å². The van der Waals surface area contributed by atoms with Crippen LogP contribution in [0.25, 0.3) is 11.3 Å². The minimum Gasteiger partial charge on any atom is -0.323 e. The molecule has 144 valence electrons. The van der Waals surface area contributed by atoms with Crippen molar-refractivity contribution in [3.63, 3.8) is 0 Å². The summed E-state index contributed by atoms with van der Waals surface area (Å²) in [5, 5.41) is 3.04. The van der Waals surface area contributed by atoms with Crippen molar-refractivity contribution in [1.82, 2.24) is 4.57 Å². The molecule has 0 spiro atoms. The lowest BCUT2D eigenvalue weighted by molar-refractivity contribution is -0.690. The van der Waals surface area contributed by atoms with Gasteiger partial charge in [-0.05, 0) is 37.0 Å². The van der Waals surface area contributed by atoms with Gasteiger partial charge in [-0.3, -0.25) is 4.79 Å². The first-order valence-corrected chi connectivity index (χ1v) is 10.3. The summed E-state index contributed by atoms with van der Waals surface area (Å²) >= 11 is 0. The van der Waals surface area contributed by atoms with E-state index in [1.165, 1.54) is 35.5 Å². The Kier molecular flexibility index (Phi) is 5.56. The number of amides is 1. The number of rotatable bonds is 7. The predicted octanol–water partition coefficient (Wildman–Crippen LogP) is 4.37. The molecule has 0 saturated heterocycles. The number of hydrogen-bond acceptors (Lipinski definition) is 1. The van der Waals surface area contributed by atoms with E-state index in [1.54, 1.807) is 0 Å². The molecule has 1 aliphatic heterocycles. The van der Waals surface area contributed by atoms with Gasteiger partial charge in [0.1, 0.15) is 6.20 Å². The molecule has 3 aromatic rings. The molecule has 0 bridgehead atoms. The third-order valence-corrected chi connectivity index (χ3v) is 5.43. The molecule has 4 heteroatoms. The van der Waals surface area contributed by atoms with Crippen molar-refractivity contribution in [3.8, 4) is 11.3 Å². The Labute approximate surface area is 166 Å². The number of fused-ring (bicyclic) bond motifs is 1. The summed E-state index contributed by atoms with van der Waals surface area (Å²) in [6.45, 7) is 3.57. The fourth-order valence-electron chi connectivity index (χ4n) is 3.98. The van der Waals surface area contributed by atoms with E-state index < -0.39 is 0 Å². The molecular formula is C24H28N3O+. The van der Waals surface area contributed by atoms with Gasteiger partial charge in [0.25, 0.3) is 11.7 Å². The fourth-order valence-corrected chi connectivity index (χ4v) is 3.98. The van der Waals surface area contributed by atoms with Crippen LogP contribution in [-0.2, 0) is 30.7 Å². The van der Waals surface area contributed by atoms with Gasteiger partial charge >= 0.3 is 0 Å². The van der Waals surface area contributed by atoms with Gasteiger partial charge in [0, 0.05) is 11.3 Å². The van der Waals surface area contributed by atoms with Gasteiger partial charge in [-0.25, -0.2) is 9.13 Å². The zero-order chi connectivity index (χ0) is 19.3. The summed E-state index contributed by atoms with van der Waals surface area (Å²) in [5.41, 5.74) is 4.59. The van der Waals surface area contributed by atoms with Crippen LogP contribution in [0.1, 0.15) is 37.6 Å². The van der Waals surface area contributed by atoms with E-state index >= 15 is 0 Å². The highest BCUT2D eigenvalue weighted by molar-refractivity contribution is 5.89. The number of unbranched alkanes of at least 4 members (excludes halogenated alkanes) is 1. The van der Waals surface area contributed by atoms with E-state index in [0.717, 1.165) is 31.5 Å². The van der Waals surface area contributed by atoms with Gasteiger partial charge in [0.2, 0.25) is 0 Å². The number of hydrogen-bond donors (Lipinski definition) is 1. The van der Waals surface area contributed by atoms with Crippen molar-refractivity contribution in [3.05, 3.63) is 72.2 Å². The van der Waals surface area contributed by atoms with Crippen molar-refractivity contribution < 1.29 is 9.36 Å². The maximum Gasteiger partial charge on any atom is 0.266 e. The number of carbonyl (C=O) groups excluding carboxylic acids is 1. The van der Waals surface area contributed by atoms with Gasteiger partial charge in [0.05, 0.1) is 13.0 Å². The molecule has 2 heterocycles. The summed E-state index contributed by atoms with van der Waals surface area (Å²) in [7, 11) is 0. The lowest BCUT2D eigenvalue weighted by atomic mass is 10.1. The molecule has 1 N–H and O–H groups in total. The molecule has 0 aliphatic carbocycles. The Bertz CT molecular complexity index is 942. The molecule has 0 atom stereocenters. The molecular weight excluding hydrogens is 346 g/mol. The monoisotopic (exact) mass is 374 g/mol. The topological polar surface area (TPSA) is 37.9 Å². The van der Waals surface area contributed by atoms with Crippen molar-refractivity contribution in [2.24, 2.45) is 0 Å². The van der Waals surface area contributed by atoms with Crippen LogP contribution in [0, 0.1) is 0 Å². The van der Waals surface area contributed by atoms with Crippen molar-refractivity contribution in [2.45, 2.75) is 52.1 Å². The second-order valence-corrected chi connectivity index (χ2v) is 7.53. The maximum absolute atomic E-state index is 12.6. The Morgan fingerprint density at radius 1 is 1.11 bits per heavy atom. The number of anilines is 1. The van der Waals surface area contributed by atoms with E-state index in [0.29, 0.717) is 6.54 Å².